The minimum Gasteiger partial charge on any atom is -0.492 e. The molecule has 0 saturated heterocycles. The second-order valence-corrected chi connectivity index (χ2v) is 7.52. The van der Waals surface area contributed by atoms with Gasteiger partial charge in [0.1, 0.15) is 12.4 Å². The number of rotatable bonds is 3. The van der Waals surface area contributed by atoms with Crippen molar-refractivity contribution in [2.75, 3.05) is 34.1 Å². The number of likely N-dealkylation sites (N-methyl/N-ethyl adjacent to an activating group) is 1. The van der Waals surface area contributed by atoms with E-state index in [0.29, 0.717) is 27.3 Å². The highest BCUT2D eigenvalue weighted by molar-refractivity contribution is 6.35. The van der Waals surface area contributed by atoms with Gasteiger partial charge in [0.05, 0.1) is 31.3 Å². The first-order chi connectivity index (χ1) is 13.6. The Morgan fingerprint density at radius 3 is 2.89 bits per heavy atom. The van der Waals surface area contributed by atoms with Crippen LogP contribution in [0, 0.1) is 11.8 Å². The predicted octanol–water partition coefficient (Wildman–Crippen LogP) is 2.93. The normalized spacial score (nSPS) is 19.4. The summed E-state index contributed by atoms with van der Waals surface area (Å²) in [5.41, 5.74) is 2.25. The van der Waals surface area contributed by atoms with Crippen LogP contribution in [0.1, 0.15) is 17.2 Å². The standard InChI is InChI=1S/C21H19Cl2NO4/c1-24-8-7-13-10-18-20(28-12-27-18)21(25-2)19(13)16(24)4-3-9-26-17-6-5-14(22)11-15(17)23/h5-6,10-11,16H,7-9,12H2,1-2H3/p+1/t16-/m1/s1. The molecule has 4 rings (SSSR count). The third kappa shape index (κ3) is 3.56. The molecule has 0 aliphatic carbocycles. The van der Waals surface area contributed by atoms with Gasteiger partial charge < -0.3 is 23.8 Å². The van der Waals surface area contributed by atoms with Gasteiger partial charge in [0.25, 0.3) is 0 Å². The molecular formula is C21H20Cl2NO4+. The van der Waals surface area contributed by atoms with Gasteiger partial charge in [-0.05, 0) is 35.7 Å². The first-order valence-corrected chi connectivity index (χ1v) is 9.72. The third-order valence-corrected chi connectivity index (χ3v) is 5.49. The summed E-state index contributed by atoms with van der Waals surface area (Å²) in [7, 11) is 3.78. The van der Waals surface area contributed by atoms with Gasteiger partial charge in [0.15, 0.2) is 17.5 Å². The van der Waals surface area contributed by atoms with Gasteiger partial charge in [0.2, 0.25) is 12.5 Å². The molecule has 0 spiro atoms. The molecule has 0 saturated carbocycles. The summed E-state index contributed by atoms with van der Waals surface area (Å²) in [4.78, 5) is 1.29. The van der Waals surface area contributed by atoms with E-state index in [1.165, 1.54) is 10.5 Å². The highest BCUT2D eigenvalue weighted by Gasteiger charge is 2.35. The molecule has 7 heteroatoms. The van der Waals surface area contributed by atoms with Crippen LogP contribution in [0.4, 0.5) is 0 Å². The molecular weight excluding hydrogens is 401 g/mol. The minimum atomic E-state index is -0.0440. The van der Waals surface area contributed by atoms with Crippen LogP contribution in [0.5, 0.6) is 23.0 Å². The minimum absolute atomic E-state index is 0.0440. The van der Waals surface area contributed by atoms with Crippen molar-refractivity contribution in [2.45, 2.75) is 12.5 Å². The van der Waals surface area contributed by atoms with E-state index >= 15 is 0 Å². The lowest BCUT2D eigenvalue weighted by Crippen LogP contribution is -3.10. The molecule has 0 bridgehead atoms. The zero-order valence-corrected chi connectivity index (χ0v) is 17.1. The summed E-state index contributed by atoms with van der Waals surface area (Å²) in [6, 6.07) is 7.12. The molecule has 0 radical (unpaired) electrons. The molecule has 0 aromatic heterocycles. The van der Waals surface area contributed by atoms with E-state index in [1.807, 2.05) is 6.07 Å². The number of methoxy groups -OCH3 is 1. The Morgan fingerprint density at radius 2 is 2.11 bits per heavy atom. The number of nitrogens with one attached hydrogen (secondary N) is 1. The molecule has 1 N–H and O–H groups in total. The Labute approximate surface area is 174 Å². The number of benzene rings is 2. The summed E-state index contributed by atoms with van der Waals surface area (Å²) in [5.74, 6) is 9.13. The van der Waals surface area contributed by atoms with E-state index < -0.39 is 0 Å². The molecule has 146 valence electrons. The van der Waals surface area contributed by atoms with Crippen LogP contribution < -0.4 is 23.8 Å². The second-order valence-electron chi connectivity index (χ2n) is 6.68. The van der Waals surface area contributed by atoms with Crippen molar-refractivity contribution in [3.63, 3.8) is 0 Å². The topological polar surface area (TPSA) is 41.4 Å². The Morgan fingerprint density at radius 1 is 1.25 bits per heavy atom. The number of quaternary nitrogens is 1. The fourth-order valence-corrected chi connectivity index (χ4v) is 4.03. The monoisotopic (exact) mass is 420 g/mol. The lowest BCUT2D eigenvalue weighted by Gasteiger charge is -2.30. The van der Waals surface area contributed by atoms with Crippen molar-refractivity contribution in [1.29, 1.82) is 0 Å². The van der Waals surface area contributed by atoms with Crippen molar-refractivity contribution in [2.24, 2.45) is 0 Å². The summed E-state index contributed by atoms with van der Waals surface area (Å²) in [5, 5.41) is 1.03. The predicted molar refractivity (Wildman–Crippen MR) is 107 cm³/mol. The van der Waals surface area contributed by atoms with Gasteiger partial charge in [-0.2, -0.15) is 0 Å². The van der Waals surface area contributed by atoms with Crippen LogP contribution in [0.2, 0.25) is 10.0 Å². The average Bonchev–Trinajstić information content (AvgIpc) is 3.14. The van der Waals surface area contributed by atoms with E-state index in [-0.39, 0.29) is 19.4 Å². The molecule has 0 fully saturated rings. The zero-order valence-electron chi connectivity index (χ0n) is 15.6. The fourth-order valence-electron chi connectivity index (χ4n) is 3.57. The molecule has 2 atom stereocenters. The highest BCUT2D eigenvalue weighted by Crippen LogP contribution is 2.47. The first kappa shape index (κ1) is 19.1. The molecule has 2 aliphatic heterocycles. The fraction of sp³-hybridized carbons (Fsp3) is 0.333. The molecule has 5 nitrogen and oxygen atoms in total. The van der Waals surface area contributed by atoms with Gasteiger partial charge in [-0.1, -0.05) is 29.1 Å². The zero-order chi connectivity index (χ0) is 19.7. The smallest absolute Gasteiger partial charge is 0.231 e. The van der Waals surface area contributed by atoms with Crippen molar-refractivity contribution in [3.8, 4) is 34.8 Å². The van der Waals surface area contributed by atoms with Gasteiger partial charge in [-0.15, -0.1) is 0 Å². The SMILES string of the molecule is COc1c2c(cc3c1[C@@H](C#CCOc1ccc(Cl)cc1Cl)[NH+](C)CC3)OCO2. The van der Waals surface area contributed by atoms with Crippen molar-refractivity contribution in [1.82, 2.24) is 0 Å². The maximum atomic E-state index is 6.14. The first-order valence-electron chi connectivity index (χ1n) is 8.96. The highest BCUT2D eigenvalue weighted by atomic mass is 35.5. The molecule has 1 unspecified atom stereocenters. The third-order valence-electron chi connectivity index (χ3n) is 4.96. The molecule has 2 aromatic rings. The van der Waals surface area contributed by atoms with Gasteiger partial charge in [0, 0.05) is 11.4 Å². The van der Waals surface area contributed by atoms with Gasteiger partial charge in [-0.3, -0.25) is 0 Å². The Balaban J connectivity index is 1.59. The quantitative estimate of drug-likeness (QED) is 0.775. The van der Waals surface area contributed by atoms with Crippen molar-refractivity contribution in [3.05, 3.63) is 45.4 Å². The van der Waals surface area contributed by atoms with E-state index in [0.717, 1.165) is 24.3 Å². The van der Waals surface area contributed by atoms with Crippen LogP contribution in [-0.2, 0) is 6.42 Å². The van der Waals surface area contributed by atoms with E-state index in [4.69, 9.17) is 42.1 Å². The van der Waals surface area contributed by atoms with Crippen LogP contribution in [0.3, 0.4) is 0 Å². The Hall–Kier alpha value is -2.26. The second kappa shape index (κ2) is 8.00. The maximum absolute atomic E-state index is 6.14. The molecule has 2 heterocycles. The average molecular weight is 421 g/mol. The van der Waals surface area contributed by atoms with Crippen LogP contribution >= 0.6 is 23.2 Å². The summed E-state index contributed by atoms with van der Waals surface area (Å²) in [6.07, 6.45) is 0.934. The number of ether oxygens (including phenoxy) is 4. The maximum Gasteiger partial charge on any atom is 0.231 e. The van der Waals surface area contributed by atoms with Crippen LogP contribution in [-0.4, -0.2) is 34.1 Å². The number of hydrogen-bond acceptors (Lipinski definition) is 4. The lowest BCUT2D eigenvalue weighted by atomic mass is 9.91. The summed E-state index contributed by atoms with van der Waals surface area (Å²) in [6.45, 7) is 1.41. The van der Waals surface area contributed by atoms with Gasteiger partial charge >= 0.3 is 0 Å². The van der Waals surface area contributed by atoms with Crippen LogP contribution in [0.25, 0.3) is 0 Å². The van der Waals surface area contributed by atoms with E-state index in [1.54, 1.807) is 25.3 Å². The van der Waals surface area contributed by atoms with Crippen molar-refractivity contribution >= 4 is 23.2 Å². The number of fused-ring (bicyclic) bond motifs is 2. The number of hydrogen-bond donors (Lipinski definition) is 1. The lowest BCUT2D eigenvalue weighted by molar-refractivity contribution is -0.905. The summed E-state index contributed by atoms with van der Waals surface area (Å²) >= 11 is 12.0. The molecule has 2 aromatic carbocycles. The number of halogens is 2. The Kier molecular flexibility index (Phi) is 5.45. The van der Waals surface area contributed by atoms with Gasteiger partial charge in [-0.25, -0.2) is 0 Å². The van der Waals surface area contributed by atoms with E-state index in [9.17, 15) is 0 Å². The summed E-state index contributed by atoms with van der Waals surface area (Å²) < 4.78 is 22.5. The van der Waals surface area contributed by atoms with Crippen molar-refractivity contribution < 1.29 is 23.8 Å². The van der Waals surface area contributed by atoms with Crippen LogP contribution in [0.15, 0.2) is 24.3 Å². The Bertz CT molecular complexity index is 967. The molecule has 0 amide bonds. The molecule has 28 heavy (non-hydrogen) atoms. The van der Waals surface area contributed by atoms with E-state index in [2.05, 4.69) is 18.9 Å². The molecule has 2 aliphatic rings. The largest absolute Gasteiger partial charge is 0.492 e.